The molecule has 0 N–H and O–H groups in total. The maximum atomic E-state index is 4.44. The van der Waals surface area contributed by atoms with Crippen molar-refractivity contribution < 1.29 is 0 Å². The zero-order valence-corrected chi connectivity index (χ0v) is 76.3. The van der Waals surface area contributed by atoms with Gasteiger partial charge in [0.25, 0.3) is 0 Å². The van der Waals surface area contributed by atoms with E-state index in [9.17, 15) is 0 Å². The molecule has 0 atom stereocenters. The lowest BCUT2D eigenvalue weighted by Gasteiger charge is -2.18. The topological polar surface area (TPSA) is 168 Å². The van der Waals surface area contributed by atoms with E-state index >= 15 is 0 Å². The Kier molecular flexibility index (Phi) is 45.6. The molecule has 0 aliphatic rings. The summed E-state index contributed by atoms with van der Waals surface area (Å²) in [6.07, 6.45) is 17.4. The molecular weight excluding hydrogens is 1350 g/mol. The number of pyridine rings is 3. The van der Waals surface area contributed by atoms with Gasteiger partial charge in [0.05, 0.1) is 34.2 Å². The van der Waals surface area contributed by atoms with E-state index in [0.29, 0.717) is 94.7 Å². The fraction of sp³-hybridized carbons (Fsp3) is 0.577. The lowest BCUT2D eigenvalue weighted by molar-refractivity contribution is 0.585. The first-order valence-electron chi connectivity index (χ1n) is 41.2. The Morgan fingerprint density at radius 3 is 0.509 bits per heavy atom. The number of hydrogen-bond acceptors (Lipinski definition) is 13. The summed E-state index contributed by atoms with van der Waals surface area (Å²) in [5, 5.41) is 16.6. The summed E-state index contributed by atoms with van der Waals surface area (Å²) in [6, 6.07) is 30.1. The molecule has 0 aliphatic carbocycles. The van der Waals surface area contributed by atoms with Crippen LogP contribution in [0.3, 0.4) is 0 Å². The van der Waals surface area contributed by atoms with Crippen LogP contribution in [-0.4, -0.2) is 65.3 Å². The highest BCUT2D eigenvalue weighted by Crippen LogP contribution is 2.26. The molecule has 0 aliphatic heterocycles. The molecule has 0 amide bonds. The zero-order valence-electron chi connectivity index (χ0n) is 76.3. The molecule has 8 aromatic heterocycles. The van der Waals surface area contributed by atoms with Crippen molar-refractivity contribution in [3.05, 3.63) is 243 Å². The van der Waals surface area contributed by atoms with Gasteiger partial charge in [-0.1, -0.05) is 306 Å². The second kappa shape index (κ2) is 50.1. The minimum Gasteiger partial charge on any atom is -0.261 e. The van der Waals surface area contributed by atoms with Crippen molar-refractivity contribution in [2.75, 3.05) is 0 Å². The molecule has 13 nitrogen and oxygen atoms in total. The van der Waals surface area contributed by atoms with Crippen molar-refractivity contribution in [3.8, 4) is 0 Å². The molecule has 0 spiro atoms. The molecule has 0 fully saturated rings. The van der Waals surface area contributed by atoms with Crippen LogP contribution in [0.1, 0.15) is 460 Å². The molecule has 8 heterocycles. The van der Waals surface area contributed by atoms with Gasteiger partial charge in [0.1, 0.15) is 11.6 Å². The number of nitrogens with zero attached hydrogens (tertiary/aromatic N) is 13. The molecule has 606 valence electrons. The zero-order chi connectivity index (χ0) is 84.1. The predicted octanol–water partition coefficient (Wildman–Crippen LogP) is 27.9. The van der Waals surface area contributed by atoms with Crippen LogP contribution in [0.4, 0.5) is 0 Å². The van der Waals surface area contributed by atoms with Crippen LogP contribution in [0.2, 0.25) is 0 Å². The molecule has 0 bridgehead atoms. The van der Waals surface area contributed by atoms with Crippen molar-refractivity contribution in [2.24, 2.45) is 0 Å². The quantitative estimate of drug-likeness (QED) is 0.0897. The SMILES string of the molecule is CC(C)c1ccc(C(C)(C)C)cn1.CC(C)c1ccc(C(C)(C)C)cn1.CC(C)c1ccc(C(C)C)cc1.CC(C)c1ccc(C(C)C)nc1.CC(C)c1ccc(C(C)C)nn1.CC(C)c1ccc(C(C)C)nn1.CC(C)c1cnc(C(C)C)cn1.CC(C)c1cnc(C(C)C)nc1.CC(C)c1cnc(C(C)C)nc1. The van der Waals surface area contributed by atoms with Crippen LogP contribution in [0, 0.1) is 0 Å². The number of aromatic nitrogens is 13. The molecule has 0 saturated carbocycles. The van der Waals surface area contributed by atoms with Crippen LogP contribution in [-0.2, 0) is 10.8 Å². The fourth-order valence-electron chi connectivity index (χ4n) is 9.52. The van der Waals surface area contributed by atoms with E-state index in [1.807, 2.05) is 55.8 Å². The molecule has 13 heteroatoms. The monoisotopic (exact) mass is 1500 g/mol. The first-order valence-corrected chi connectivity index (χ1v) is 41.2. The minimum absolute atomic E-state index is 0.211. The Balaban J connectivity index is 0.000000619. The molecule has 110 heavy (non-hydrogen) atoms. The Bertz CT molecular complexity index is 3000. The summed E-state index contributed by atoms with van der Waals surface area (Å²) in [6.45, 7) is 82.0. The van der Waals surface area contributed by atoms with Crippen molar-refractivity contribution in [1.82, 2.24) is 65.3 Å². The number of hydrogen-bond donors (Lipinski definition) is 0. The van der Waals surface area contributed by atoms with Gasteiger partial charge in [-0.25, -0.2) is 19.9 Å². The Morgan fingerprint density at radius 2 is 0.355 bits per heavy atom. The second-order valence-electron chi connectivity index (χ2n) is 36.0. The van der Waals surface area contributed by atoms with Crippen LogP contribution in [0.15, 0.2) is 141 Å². The molecule has 0 radical (unpaired) electrons. The summed E-state index contributed by atoms with van der Waals surface area (Å²) < 4.78 is 0. The number of rotatable bonds is 16. The van der Waals surface area contributed by atoms with Crippen LogP contribution < -0.4 is 0 Å². The van der Waals surface area contributed by atoms with E-state index in [0.717, 1.165) is 45.8 Å². The molecule has 9 aromatic rings. The smallest absolute Gasteiger partial charge is 0.130 e. The third-order valence-corrected chi connectivity index (χ3v) is 18.2. The molecular formula is C97H153N13. The maximum Gasteiger partial charge on any atom is 0.130 e. The Morgan fingerprint density at radius 1 is 0.164 bits per heavy atom. The van der Waals surface area contributed by atoms with Crippen LogP contribution >= 0.6 is 0 Å². The van der Waals surface area contributed by atoms with Gasteiger partial charge in [0.2, 0.25) is 0 Å². The maximum absolute atomic E-state index is 4.44. The van der Waals surface area contributed by atoms with Gasteiger partial charge in [-0.2, -0.15) is 20.4 Å². The molecule has 0 saturated heterocycles. The lowest BCUT2D eigenvalue weighted by atomic mass is 9.88. The highest BCUT2D eigenvalue weighted by atomic mass is 15.1. The Hall–Kier alpha value is -7.93. The van der Waals surface area contributed by atoms with Gasteiger partial charge in [-0.05, 0) is 175 Å². The standard InChI is InChI=1S/2C12H19N.C12H18.C11H17N.5C10H16N2/c2*1-9(2)11-7-6-10(8-13-11)12(3,4)5;1-9(2)11-5-7-12(8-6-11)10(3)4;1-8(2)10-5-6-11(9(3)4)12-7-10;1-7(2)9-5-12-10(6-11-9)8(3)4;2*1-7(2)9-5-11-10(8(3)4)12-6-9;2*1-7(2)9-5-6-10(8(3)4)12-11-9/h2*6-9H,1-5H3;5-10H,1-4H3;5-9H,1-4H3;5*5-8H,1-4H3. The first-order chi connectivity index (χ1) is 51.1. The average Bonchev–Trinajstić information content (AvgIpc) is 0.850. The van der Waals surface area contributed by atoms with Crippen molar-refractivity contribution in [3.63, 3.8) is 0 Å². The number of benzene rings is 1. The van der Waals surface area contributed by atoms with Gasteiger partial charge in [-0.15, -0.1) is 0 Å². The van der Waals surface area contributed by atoms with E-state index in [1.54, 1.807) is 0 Å². The van der Waals surface area contributed by atoms with Crippen molar-refractivity contribution >= 4 is 0 Å². The van der Waals surface area contributed by atoms with Gasteiger partial charge in [0, 0.05) is 84.7 Å². The van der Waals surface area contributed by atoms with Crippen LogP contribution in [0.25, 0.3) is 0 Å². The molecule has 1 aromatic carbocycles. The minimum atomic E-state index is 0.211. The van der Waals surface area contributed by atoms with E-state index in [-0.39, 0.29) is 10.8 Å². The lowest BCUT2D eigenvalue weighted by Crippen LogP contribution is -2.11. The van der Waals surface area contributed by atoms with Gasteiger partial charge >= 0.3 is 0 Å². The normalized spacial score (nSPS) is 11.4. The van der Waals surface area contributed by atoms with Gasteiger partial charge in [0.15, 0.2) is 0 Å². The van der Waals surface area contributed by atoms with E-state index in [1.165, 1.54) is 56.0 Å². The summed E-state index contributed by atoms with van der Waals surface area (Å²) in [5.41, 5.74) is 19.6. The van der Waals surface area contributed by atoms with E-state index < -0.39 is 0 Å². The van der Waals surface area contributed by atoms with Gasteiger partial charge in [-0.3, -0.25) is 24.9 Å². The summed E-state index contributed by atoms with van der Waals surface area (Å²) in [4.78, 5) is 39.1. The largest absolute Gasteiger partial charge is 0.261 e. The highest BCUT2D eigenvalue weighted by Gasteiger charge is 2.16. The van der Waals surface area contributed by atoms with E-state index in [4.69, 9.17) is 0 Å². The van der Waals surface area contributed by atoms with Gasteiger partial charge < -0.3 is 0 Å². The third-order valence-electron chi connectivity index (χ3n) is 18.2. The summed E-state index contributed by atoms with van der Waals surface area (Å²) in [5.74, 6) is 10.0. The average molecular weight is 1500 g/mol. The predicted molar refractivity (Wildman–Crippen MR) is 472 cm³/mol. The summed E-state index contributed by atoms with van der Waals surface area (Å²) >= 11 is 0. The van der Waals surface area contributed by atoms with Crippen LogP contribution in [0.5, 0.6) is 0 Å². The fourth-order valence-corrected chi connectivity index (χ4v) is 9.52. The van der Waals surface area contributed by atoms with Crippen molar-refractivity contribution in [1.29, 1.82) is 0 Å². The second-order valence-corrected chi connectivity index (χ2v) is 36.0. The molecule has 9 rings (SSSR count). The Labute approximate surface area is 672 Å². The highest BCUT2D eigenvalue weighted by molar-refractivity contribution is 5.27. The third kappa shape index (κ3) is 39.3. The van der Waals surface area contributed by atoms with E-state index in [2.05, 4.69) is 413 Å². The molecule has 0 unspecified atom stereocenters. The van der Waals surface area contributed by atoms with Crippen molar-refractivity contribution in [2.45, 2.75) is 369 Å². The summed E-state index contributed by atoms with van der Waals surface area (Å²) in [7, 11) is 0. The first kappa shape index (κ1) is 100.